The monoisotopic (exact) mass is 457 g/mol. The van der Waals surface area contributed by atoms with Gasteiger partial charge in [-0.3, -0.25) is 9.11 Å². The van der Waals surface area contributed by atoms with E-state index in [1.54, 1.807) is 0 Å². The minimum Gasteiger partial charge on any atom is -0.314 e. The van der Waals surface area contributed by atoms with E-state index in [1.165, 1.54) is 83.5 Å². The average molecular weight is 458 g/mol. The zero-order chi connectivity index (χ0) is 22.0. The predicted molar refractivity (Wildman–Crippen MR) is 119 cm³/mol. The molecule has 0 bridgehead atoms. The van der Waals surface area contributed by atoms with Crippen molar-refractivity contribution in [3.05, 3.63) is 0 Å². The molecule has 0 aromatic rings. The summed E-state index contributed by atoms with van der Waals surface area (Å²) in [5.74, 6) is 0. The first-order chi connectivity index (χ1) is 13.7. The third-order valence-electron chi connectivity index (χ3n) is 5.18. The third-order valence-corrected chi connectivity index (χ3v) is 8.30. The van der Waals surface area contributed by atoms with Crippen molar-refractivity contribution >= 4 is 20.2 Å². The zero-order valence-corrected chi connectivity index (χ0v) is 19.8. The summed E-state index contributed by atoms with van der Waals surface area (Å²) >= 11 is 0. The number of nitrogens with one attached hydrogen (secondary N) is 1. The van der Waals surface area contributed by atoms with Gasteiger partial charge in [0.05, 0.1) is 0 Å². The normalized spacial score (nSPS) is 12.7. The van der Waals surface area contributed by atoms with Crippen molar-refractivity contribution in [1.29, 1.82) is 0 Å². The minimum absolute atomic E-state index is 0.444. The van der Waals surface area contributed by atoms with E-state index in [0.717, 1.165) is 19.3 Å². The quantitative estimate of drug-likeness (QED) is 0.165. The summed E-state index contributed by atoms with van der Waals surface area (Å²) in [6, 6.07) is 0. The molecule has 0 atom stereocenters. The first-order valence-electron chi connectivity index (χ1n) is 11.3. The molecule has 0 amide bonds. The molecule has 0 saturated heterocycles. The van der Waals surface area contributed by atoms with Crippen LogP contribution in [0, 0.1) is 0 Å². The van der Waals surface area contributed by atoms with Gasteiger partial charge in [-0.15, -0.1) is 0 Å². The van der Waals surface area contributed by atoms with Gasteiger partial charge in [-0.1, -0.05) is 103 Å². The second-order valence-electron chi connectivity index (χ2n) is 7.97. The van der Waals surface area contributed by atoms with Gasteiger partial charge in [0.1, 0.15) is 0 Å². The van der Waals surface area contributed by atoms with Gasteiger partial charge in [0.25, 0.3) is 20.2 Å². The summed E-state index contributed by atoms with van der Waals surface area (Å²) in [5, 5.41) is 2.67. The van der Waals surface area contributed by atoms with Gasteiger partial charge < -0.3 is 5.32 Å². The van der Waals surface area contributed by atoms with Crippen LogP contribution in [0.2, 0.25) is 0 Å². The number of hydrogen-bond donors (Lipinski definition) is 3. The van der Waals surface area contributed by atoms with Crippen LogP contribution in [-0.2, 0) is 20.2 Å². The summed E-state index contributed by atoms with van der Waals surface area (Å²) in [4.78, 5) is 0. The van der Waals surface area contributed by atoms with Crippen molar-refractivity contribution in [3.63, 3.8) is 0 Å². The van der Waals surface area contributed by atoms with E-state index in [4.69, 9.17) is 9.11 Å². The summed E-state index contributed by atoms with van der Waals surface area (Å²) in [6.45, 7) is 2.18. The molecular weight excluding hydrogens is 414 g/mol. The van der Waals surface area contributed by atoms with Crippen molar-refractivity contribution in [2.45, 2.75) is 114 Å². The van der Waals surface area contributed by atoms with Gasteiger partial charge in [-0.25, -0.2) is 0 Å². The fourth-order valence-electron chi connectivity index (χ4n) is 3.38. The van der Waals surface area contributed by atoms with Crippen molar-refractivity contribution < 1.29 is 25.9 Å². The maximum atomic E-state index is 11.0. The van der Waals surface area contributed by atoms with Crippen LogP contribution < -0.4 is 5.32 Å². The molecule has 0 fully saturated rings. The molecule has 0 radical (unpaired) electrons. The van der Waals surface area contributed by atoms with Gasteiger partial charge in [0.2, 0.25) is 4.58 Å². The molecule has 0 spiro atoms. The molecule has 0 unspecified atom stereocenters. The molecule has 176 valence electrons. The molecule has 29 heavy (non-hydrogen) atoms. The zero-order valence-electron chi connectivity index (χ0n) is 18.1. The lowest BCUT2D eigenvalue weighted by atomic mass is 10.0. The van der Waals surface area contributed by atoms with E-state index < -0.39 is 31.4 Å². The molecule has 0 aliphatic rings. The van der Waals surface area contributed by atoms with Crippen LogP contribution in [0.1, 0.15) is 110 Å². The van der Waals surface area contributed by atoms with Crippen molar-refractivity contribution in [2.24, 2.45) is 0 Å². The number of unbranched alkanes of at least 4 members (excludes halogenated alkanes) is 15. The van der Waals surface area contributed by atoms with Crippen molar-refractivity contribution in [2.75, 3.05) is 13.1 Å². The van der Waals surface area contributed by atoms with E-state index >= 15 is 0 Å². The molecule has 0 aromatic heterocycles. The summed E-state index contributed by atoms with van der Waals surface area (Å²) in [6.07, 6.45) is 20.2. The van der Waals surface area contributed by atoms with Crippen LogP contribution >= 0.6 is 0 Å². The van der Waals surface area contributed by atoms with Crippen LogP contribution in [0.4, 0.5) is 0 Å². The maximum Gasteiger partial charge on any atom is 0.286 e. The molecule has 9 heteroatoms. The lowest BCUT2D eigenvalue weighted by Gasteiger charge is -2.11. The second kappa shape index (κ2) is 17.5. The van der Waals surface area contributed by atoms with Crippen LogP contribution in [0.15, 0.2) is 0 Å². The molecule has 0 saturated carbocycles. The van der Waals surface area contributed by atoms with E-state index in [1.807, 2.05) is 0 Å². The van der Waals surface area contributed by atoms with E-state index in [9.17, 15) is 16.8 Å². The highest BCUT2D eigenvalue weighted by atomic mass is 32.3. The maximum absolute atomic E-state index is 11.0. The van der Waals surface area contributed by atoms with Gasteiger partial charge in [0, 0.05) is 6.54 Å². The van der Waals surface area contributed by atoms with Crippen LogP contribution in [0.5, 0.6) is 0 Å². The van der Waals surface area contributed by atoms with Crippen molar-refractivity contribution in [3.8, 4) is 0 Å². The van der Waals surface area contributed by atoms with E-state index in [2.05, 4.69) is 12.2 Å². The second-order valence-corrected chi connectivity index (χ2v) is 11.5. The molecular formula is C20H43NO6S2. The van der Waals surface area contributed by atoms with E-state index in [-0.39, 0.29) is 0 Å². The summed E-state index contributed by atoms with van der Waals surface area (Å²) in [5.41, 5.74) is 0. The largest absolute Gasteiger partial charge is 0.314 e. The Morgan fingerprint density at radius 1 is 0.586 bits per heavy atom. The Hall–Kier alpha value is -0.220. The molecule has 3 N–H and O–H groups in total. The fourth-order valence-corrected chi connectivity index (χ4v) is 5.27. The fraction of sp³-hybridized carbons (Fsp3) is 1.00. The lowest BCUT2D eigenvalue weighted by Crippen LogP contribution is -2.39. The highest BCUT2D eigenvalue weighted by Gasteiger charge is 2.34. The Labute approximate surface area is 178 Å². The predicted octanol–water partition coefficient (Wildman–Crippen LogP) is 4.94. The standard InChI is InChI=1S/C20H43NO6S2/c1-2-3-4-5-6-7-8-9-10-11-12-13-14-15-16-17-18-21-19-20(28(22,23)24)29(25,26)27/h20-21H,2-19H2,1H3,(H,22,23,24)(H,25,26,27). The molecule has 0 aliphatic carbocycles. The first-order valence-corrected chi connectivity index (χ1v) is 14.3. The SMILES string of the molecule is CCCCCCCCCCCCCCCCCCNCC(S(=O)(=O)O)S(=O)(=O)O. The highest BCUT2D eigenvalue weighted by Crippen LogP contribution is 2.13. The highest BCUT2D eigenvalue weighted by molar-refractivity contribution is 8.04. The number of rotatable bonds is 21. The van der Waals surface area contributed by atoms with Crippen LogP contribution in [0.3, 0.4) is 0 Å². The average Bonchev–Trinajstić information content (AvgIpc) is 2.61. The third kappa shape index (κ3) is 18.3. The smallest absolute Gasteiger partial charge is 0.286 e. The molecule has 0 aromatic carbocycles. The molecule has 0 heterocycles. The van der Waals surface area contributed by atoms with Gasteiger partial charge in [-0.2, -0.15) is 16.8 Å². The number of hydrogen-bond acceptors (Lipinski definition) is 5. The minimum atomic E-state index is -4.85. The Bertz CT molecular complexity index is 546. The van der Waals surface area contributed by atoms with Gasteiger partial charge >= 0.3 is 0 Å². The Kier molecular flexibility index (Phi) is 17.3. The van der Waals surface area contributed by atoms with Crippen LogP contribution in [0.25, 0.3) is 0 Å². The van der Waals surface area contributed by atoms with Crippen LogP contribution in [-0.4, -0.2) is 43.6 Å². The molecule has 7 nitrogen and oxygen atoms in total. The van der Waals surface area contributed by atoms with Crippen molar-refractivity contribution in [1.82, 2.24) is 5.32 Å². The Balaban J connectivity index is 3.40. The van der Waals surface area contributed by atoms with Gasteiger partial charge in [0.15, 0.2) is 0 Å². The van der Waals surface area contributed by atoms with Gasteiger partial charge in [-0.05, 0) is 13.0 Å². The lowest BCUT2D eigenvalue weighted by molar-refractivity contribution is 0.449. The van der Waals surface area contributed by atoms with E-state index in [0.29, 0.717) is 6.54 Å². The first kappa shape index (κ1) is 28.8. The Morgan fingerprint density at radius 2 is 0.897 bits per heavy atom. The Morgan fingerprint density at radius 3 is 1.21 bits per heavy atom. The molecule has 0 rings (SSSR count). The topological polar surface area (TPSA) is 121 Å². The summed E-state index contributed by atoms with van der Waals surface area (Å²) in [7, 11) is -9.69. The molecule has 0 aliphatic heterocycles. The summed E-state index contributed by atoms with van der Waals surface area (Å²) < 4.78 is 59.3.